The Morgan fingerprint density at radius 1 is 1.25 bits per heavy atom. The summed E-state index contributed by atoms with van der Waals surface area (Å²) in [7, 11) is 1.55. The van der Waals surface area contributed by atoms with E-state index < -0.39 is 0 Å². The minimum absolute atomic E-state index is 0.136. The molecule has 5 rings (SSSR count). The Bertz CT molecular complexity index is 688. The summed E-state index contributed by atoms with van der Waals surface area (Å²) in [5, 5.41) is 6.67. The molecule has 0 unspecified atom stereocenters. The number of nitrogens with one attached hydrogen (secondary N) is 1. The third-order valence-electron chi connectivity index (χ3n) is 6.11. The van der Waals surface area contributed by atoms with Gasteiger partial charge >= 0.3 is 0 Å². The number of hydrogen-bond acceptors (Lipinski definition) is 3. The predicted molar refractivity (Wildman–Crippen MR) is 91.0 cm³/mol. The fourth-order valence-corrected chi connectivity index (χ4v) is 5.54. The Hall–Kier alpha value is -2.20. The van der Waals surface area contributed by atoms with E-state index in [4.69, 9.17) is 10.3 Å². The van der Waals surface area contributed by atoms with Crippen LogP contribution in [-0.4, -0.2) is 13.0 Å². The zero-order valence-corrected chi connectivity index (χ0v) is 13.9. The summed E-state index contributed by atoms with van der Waals surface area (Å²) in [4.78, 5) is 15.9. The second-order valence-corrected chi connectivity index (χ2v) is 7.73. The number of rotatable bonds is 4. The van der Waals surface area contributed by atoms with Gasteiger partial charge in [0.15, 0.2) is 0 Å². The van der Waals surface area contributed by atoms with E-state index in [9.17, 15) is 4.79 Å². The molecule has 4 fully saturated rings. The standard InChI is InChI=1S/C18H22N4O2/c1-24-16-7-14(21-22-19)2-3-15(16)20-17(23)18-8-11-4-12(9-18)6-13(5-11)10-18/h2-3,7,11-13H,4-6,8-10H2,1H3,(H,20,23). The van der Waals surface area contributed by atoms with E-state index in [0.29, 0.717) is 17.1 Å². The first-order valence-corrected chi connectivity index (χ1v) is 8.66. The lowest BCUT2D eigenvalue weighted by Crippen LogP contribution is -2.51. The van der Waals surface area contributed by atoms with Crippen LogP contribution < -0.4 is 10.1 Å². The molecule has 6 heteroatoms. The van der Waals surface area contributed by atoms with Crippen molar-refractivity contribution < 1.29 is 9.53 Å². The Morgan fingerprint density at radius 2 is 1.88 bits per heavy atom. The van der Waals surface area contributed by atoms with E-state index in [-0.39, 0.29) is 11.3 Å². The minimum Gasteiger partial charge on any atom is -0.495 e. The number of nitrogens with zero attached hydrogens (tertiary/aromatic N) is 3. The van der Waals surface area contributed by atoms with Crippen molar-refractivity contribution in [3.63, 3.8) is 0 Å². The SMILES string of the molecule is COc1cc(N=[N+]=[N-])ccc1NC(=O)C12CC3CC(CC(C3)C1)C2. The number of benzene rings is 1. The van der Waals surface area contributed by atoms with Crippen LogP contribution in [0.25, 0.3) is 10.4 Å². The molecule has 0 heterocycles. The molecule has 1 amide bonds. The Labute approximate surface area is 141 Å². The fraction of sp³-hybridized carbons (Fsp3) is 0.611. The number of carbonyl (C=O) groups excluding carboxylic acids is 1. The highest BCUT2D eigenvalue weighted by Crippen LogP contribution is 2.60. The normalized spacial score (nSPS) is 33.0. The highest BCUT2D eigenvalue weighted by Gasteiger charge is 2.54. The fourth-order valence-electron chi connectivity index (χ4n) is 5.54. The lowest BCUT2D eigenvalue weighted by atomic mass is 9.49. The minimum atomic E-state index is -0.191. The van der Waals surface area contributed by atoms with Crippen LogP contribution in [0.3, 0.4) is 0 Å². The number of hydrogen-bond donors (Lipinski definition) is 1. The van der Waals surface area contributed by atoms with Gasteiger partial charge < -0.3 is 10.1 Å². The first-order valence-electron chi connectivity index (χ1n) is 8.66. The number of methoxy groups -OCH3 is 1. The van der Waals surface area contributed by atoms with E-state index in [0.717, 1.165) is 37.0 Å². The highest BCUT2D eigenvalue weighted by atomic mass is 16.5. The molecule has 0 aliphatic heterocycles. The van der Waals surface area contributed by atoms with Crippen molar-refractivity contribution in [2.75, 3.05) is 12.4 Å². The van der Waals surface area contributed by atoms with E-state index >= 15 is 0 Å². The van der Waals surface area contributed by atoms with Crippen molar-refractivity contribution in [3.05, 3.63) is 28.6 Å². The maximum Gasteiger partial charge on any atom is 0.230 e. The molecule has 4 aliphatic carbocycles. The van der Waals surface area contributed by atoms with Crippen molar-refractivity contribution in [3.8, 4) is 5.75 Å². The van der Waals surface area contributed by atoms with Gasteiger partial charge in [-0.05, 0) is 73.9 Å². The summed E-state index contributed by atoms with van der Waals surface area (Å²) < 4.78 is 5.35. The summed E-state index contributed by atoms with van der Waals surface area (Å²) in [6.45, 7) is 0. The first kappa shape index (κ1) is 15.3. The van der Waals surface area contributed by atoms with Gasteiger partial charge in [-0.15, -0.1) is 0 Å². The number of azide groups is 1. The Morgan fingerprint density at radius 3 is 2.42 bits per heavy atom. The molecule has 1 N–H and O–H groups in total. The van der Waals surface area contributed by atoms with E-state index in [2.05, 4.69) is 15.3 Å². The first-order chi connectivity index (χ1) is 11.6. The number of carbonyl (C=O) groups is 1. The van der Waals surface area contributed by atoms with Gasteiger partial charge in [0.25, 0.3) is 0 Å². The maximum absolute atomic E-state index is 13.1. The molecule has 24 heavy (non-hydrogen) atoms. The van der Waals surface area contributed by atoms with Crippen LogP contribution in [0.4, 0.5) is 11.4 Å². The molecule has 4 aliphatic rings. The number of anilines is 1. The number of amides is 1. The maximum atomic E-state index is 13.1. The summed E-state index contributed by atoms with van der Waals surface area (Å²) in [5.41, 5.74) is 9.47. The van der Waals surface area contributed by atoms with Gasteiger partial charge in [-0.2, -0.15) is 0 Å². The van der Waals surface area contributed by atoms with E-state index in [1.807, 2.05) is 0 Å². The van der Waals surface area contributed by atoms with E-state index in [1.54, 1.807) is 25.3 Å². The molecule has 0 spiro atoms. The quantitative estimate of drug-likeness (QED) is 0.490. The largest absolute Gasteiger partial charge is 0.495 e. The summed E-state index contributed by atoms with van der Waals surface area (Å²) in [5.74, 6) is 2.86. The van der Waals surface area contributed by atoms with Crippen LogP contribution in [0, 0.1) is 23.2 Å². The average Bonchev–Trinajstić information content (AvgIpc) is 2.55. The van der Waals surface area contributed by atoms with Gasteiger partial charge in [-0.25, -0.2) is 0 Å². The molecule has 0 radical (unpaired) electrons. The smallest absolute Gasteiger partial charge is 0.230 e. The van der Waals surface area contributed by atoms with Crippen LogP contribution in [0.1, 0.15) is 38.5 Å². The molecule has 1 aromatic rings. The molecule has 0 aromatic heterocycles. The molecule has 126 valence electrons. The molecular weight excluding hydrogens is 304 g/mol. The Kier molecular flexibility index (Phi) is 3.65. The van der Waals surface area contributed by atoms with Crippen LogP contribution in [-0.2, 0) is 4.79 Å². The molecule has 6 nitrogen and oxygen atoms in total. The monoisotopic (exact) mass is 326 g/mol. The van der Waals surface area contributed by atoms with Crippen molar-refractivity contribution in [2.24, 2.45) is 28.3 Å². The summed E-state index contributed by atoms with van der Waals surface area (Å²) >= 11 is 0. The van der Waals surface area contributed by atoms with Gasteiger partial charge in [-0.3, -0.25) is 4.79 Å². The molecule has 4 bridgehead atoms. The van der Waals surface area contributed by atoms with Crippen LogP contribution in [0.2, 0.25) is 0 Å². The summed E-state index contributed by atoms with van der Waals surface area (Å²) in [6, 6.07) is 5.09. The molecule has 0 atom stereocenters. The molecule has 0 saturated heterocycles. The molecule has 1 aromatic carbocycles. The van der Waals surface area contributed by atoms with Crippen molar-refractivity contribution in [2.45, 2.75) is 38.5 Å². The van der Waals surface area contributed by atoms with Crippen molar-refractivity contribution >= 4 is 17.3 Å². The summed E-state index contributed by atoms with van der Waals surface area (Å²) in [6.07, 6.45) is 7.04. The van der Waals surface area contributed by atoms with Crippen molar-refractivity contribution in [1.29, 1.82) is 0 Å². The highest BCUT2D eigenvalue weighted by molar-refractivity contribution is 5.97. The second-order valence-electron chi connectivity index (χ2n) is 7.73. The predicted octanol–water partition coefficient (Wildman–Crippen LogP) is 4.79. The second kappa shape index (κ2) is 5.71. The average molecular weight is 326 g/mol. The number of ether oxygens (including phenoxy) is 1. The van der Waals surface area contributed by atoms with Crippen LogP contribution >= 0.6 is 0 Å². The lowest BCUT2D eigenvalue weighted by Gasteiger charge is -2.55. The van der Waals surface area contributed by atoms with Gasteiger partial charge in [0.1, 0.15) is 5.75 Å². The van der Waals surface area contributed by atoms with Crippen molar-refractivity contribution in [1.82, 2.24) is 0 Å². The Balaban J connectivity index is 1.57. The van der Waals surface area contributed by atoms with Crippen LogP contribution in [0.15, 0.2) is 23.3 Å². The van der Waals surface area contributed by atoms with E-state index in [1.165, 1.54) is 19.3 Å². The molecular formula is C18H22N4O2. The third-order valence-corrected chi connectivity index (χ3v) is 6.11. The van der Waals surface area contributed by atoms with Gasteiger partial charge in [0, 0.05) is 10.6 Å². The van der Waals surface area contributed by atoms with Gasteiger partial charge in [0.2, 0.25) is 5.91 Å². The topological polar surface area (TPSA) is 87.1 Å². The van der Waals surface area contributed by atoms with Crippen LogP contribution in [0.5, 0.6) is 5.75 Å². The lowest BCUT2D eigenvalue weighted by molar-refractivity contribution is -0.140. The molecule has 4 saturated carbocycles. The zero-order valence-electron chi connectivity index (χ0n) is 13.9. The van der Waals surface area contributed by atoms with Gasteiger partial charge in [0.05, 0.1) is 18.2 Å². The third kappa shape index (κ3) is 2.51. The van der Waals surface area contributed by atoms with Gasteiger partial charge in [-0.1, -0.05) is 11.2 Å². The zero-order chi connectivity index (χ0) is 16.7.